The normalized spacial score (nSPS) is 10.1. The van der Waals surface area contributed by atoms with Crippen LogP contribution < -0.4 is 15.8 Å². The van der Waals surface area contributed by atoms with E-state index in [9.17, 15) is 4.79 Å². The number of nitrogens with zero attached hydrogens (tertiary/aromatic N) is 1. The molecule has 1 amide bonds. The molecule has 0 spiro atoms. The predicted molar refractivity (Wildman–Crippen MR) is 111 cm³/mol. The van der Waals surface area contributed by atoms with Crippen LogP contribution in [0.4, 0.5) is 5.69 Å². The number of thiocarbonyl (C=S) groups is 1. The minimum Gasteiger partial charge on any atom is -0.352 e. The van der Waals surface area contributed by atoms with Crippen molar-refractivity contribution in [2.75, 3.05) is 17.3 Å². The van der Waals surface area contributed by atoms with Crippen molar-refractivity contribution in [2.45, 2.75) is 19.9 Å². The second-order valence-electron chi connectivity index (χ2n) is 5.34. The molecule has 132 valence electrons. The van der Waals surface area contributed by atoms with Crippen molar-refractivity contribution in [1.29, 1.82) is 0 Å². The Bertz CT molecular complexity index is 665. The summed E-state index contributed by atoms with van der Waals surface area (Å²) in [5.74, 6) is 0.688. The number of nitrogens with one attached hydrogen (secondary N) is 2. The van der Waals surface area contributed by atoms with Crippen LogP contribution in [0.2, 0.25) is 0 Å². The predicted octanol–water partition coefficient (Wildman–Crippen LogP) is 3.74. The van der Waals surface area contributed by atoms with E-state index in [4.69, 9.17) is 12.2 Å². The highest BCUT2D eigenvalue weighted by molar-refractivity contribution is 8.22. The Kier molecular flexibility index (Phi) is 8.28. The Balaban J connectivity index is 1.66. The highest BCUT2D eigenvalue weighted by atomic mass is 32.2. The van der Waals surface area contributed by atoms with Crippen LogP contribution in [0.15, 0.2) is 60.7 Å². The number of hydrazine groups is 1. The van der Waals surface area contributed by atoms with Crippen molar-refractivity contribution in [3.63, 3.8) is 0 Å². The molecule has 2 aromatic carbocycles. The van der Waals surface area contributed by atoms with Crippen molar-refractivity contribution < 1.29 is 4.79 Å². The minimum absolute atomic E-state index is 0.0366. The van der Waals surface area contributed by atoms with Gasteiger partial charge in [0.15, 0.2) is 4.32 Å². The van der Waals surface area contributed by atoms with Gasteiger partial charge in [-0.2, -0.15) is 0 Å². The summed E-state index contributed by atoms with van der Waals surface area (Å²) < 4.78 is 0.668. The molecule has 0 aromatic heterocycles. The average Bonchev–Trinajstić information content (AvgIpc) is 2.66. The van der Waals surface area contributed by atoms with Gasteiger partial charge in [0.05, 0.1) is 5.69 Å². The molecule has 2 N–H and O–H groups in total. The summed E-state index contributed by atoms with van der Waals surface area (Å²) in [4.78, 5) is 11.9. The first-order chi connectivity index (χ1) is 12.2. The molecular formula is C19H23N3OS2. The Labute approximate surface area is 159 Å². The van der Waals surface area contributed by atoms with Crippen molar-refractivity contribution >= 4 is 39.9 Å². The van der Waals surface area contributed by atoms with Crippen molar-refractivity contribution in [2.24, 2.45) is 0 Å². The number of carbonyl (C=O) groups excluding carboxylic acids is 1. The Morgan fingerprint density at radius 2 is 1.72 bits per heavy atom. The number of thioether (sulfide) groups is 1. The van der Waals surface area contributed by atoms with Crippen LogP contribution in [-0.4, -0.2) is 22.5 Å². The highest BCUT2D eigenvalue weighted by Gasteiger charge is 2.07. The molecule has 0 aliphatic heterocycles. The average molecular weight is 374 g/mol. The van der Waals surface area contributed by atoms with E-state index in [1.54, 1.807) is 0 Å². The zero-order chi connectivity index (χ0) is 17.9. The molecule has 0 fully saturated rings. The first-order valence-corrected chi connectivity index (χ1v) is 9.65. The van der Waals surface area contributed by atoms with Crippen LogP contribution in [0.1, 0.15) is 18.9 Å². The molecule has 6 heteroatoms. The summed E-state index contributed by atoms with van der Waals surface area (Å²) in [6.45, 7) is 3.41. The molecule has 2 aromatic rings. The molecule has 0 atom stereocenters. The third-order valence-electron chi connectivity index (χ3n) is 3.51. The van der Waals surface area contributed by atoms with E-state index >= 15 is 0 Å². The molecule has 0 saturated heterocycles. The number of rotatable bonds is 8. The molecule has 0 aliphatic rings. The number of benzene rings is 2. The lowest BCUT2D eigenvalue weighted by Gasteiger charge is -2.24. The molecular weight excluding hydrogens is 350 g/mol. The van der Waals surface area contributed by atoms with Gasteiger partial charge in [-0.15, -0.1) is 0 Å². The molecule has 0 bridgehead atoms. The van der Waals surface area contributed by atoms with E-state index in [2.05, 4.69) is 17.7 Å². The number of para-hydroxylation sites is 1. The van der Waals surface area contributed by atoms with Crippen LogP contribution in [0.5, 0.6) is 0 Å². The SMILES string of the molecule is CCN(NC(=S)SCCC(=O)NCc1ccccc1)c1ccccc1. The summed E-state index contributed by atoms with van der Waals surface area (Å²) in [7, 11) is 0. The number of carbonyl (C=O) groups is 1. The van der Waals surface area contributed by atoms with E-state index in [0.717, 1.165) is 17.8 Å². The third kappa shape index (κ3) is 7.15. The Hall–Kier alpha value is -2.05. The van der Waals surface area contributed by atoms with Gasteiger partial charge in [-0.05, 0) is 24.6 Å². The molecule has 0 radical (unpaired) electrons. The van der Waals surface area contributed by atoms with Crippen LogP contribution in [0.3, 0.4) is 0 Å². The third-order valence-corrected chi connectivity index (χ3v) is 4.71. The van der Waals surface area contributed by atoms with Gasteiger partial charge in [0.2, 0.25) is 5.91 Å². The summed E-state index contributed by atoms with van der Waals surface area (Å²) in [5, 5.41) is 4.91. The largest absolute Gasteiger partial charge is 0.352 e. The smallest absolute Gasteiger partial charge is 0.221 e. The standard InChI is InChI=1S/C19H23N3OS2/c1-2-22(17-11-7-4-8-12-17)21-19(24)25-14-13-18(23)20-15-16-9-5-3-6-10-16/h3-12H,2,13-15H2,1H3,(H,20,23)(H,21,24). The van der Waals surface area contributed by atoms with E-state index in [0.29, 0.717) is 23.0 Å². The van der Waals surface area contributed by atoms with Gasteiger partial charge in [0.1, 0.15) is 0 Å². The van der Waals surface area contributed by atoms with Gasteiger partial charge in [-0.25, -0.2) is 0 Å². The van der Waals surface area contributed by atoms with Gasteiger partial charge in [-0.3, -0.25) is 15.2 Å². The Morgan fingerprint density at radius 3 is 2.36 bits per heavy atom. The van der Waals surface area contributed by atoms with E-state index in [1.807, 2.05) is 65.7 Å². The van der Waals surface area contributed by atoms with E-state index in [1.165, 1.54) is 11.8 Å². The quantitative estimate of drug-likeness (QED) is 0.545. The van der Waals surface area contributed by atoms with Gasteiger partial charge in [0.25, 0.3) is 0 Å². The van der Waals surface area contributed by atoms with Crippen LogP contribution in [0.25, 0.3) is 0 Å². The van der Waals surface area contributed by atoms with Gasteiger partial charge in [0, 0.05) is 25.3 Å². The van der Waals surface area contributed by atoms with Gasteiger partial charge >= 0.3 is 0 Å². The Morgan fingerprint density at radius 1 is 1.08 bits per heavy atom. The topological polar surface area (TPSA) is 44.4 Å². The first-order valence-electron chi connectivity index (χ1n) is 8.25. The highest BCUT2D eigenvalue weighted by Crippen LogP contribution is 2.12. The van der Waals surface area contributed by atoms with Crippen LogP contribution in [-0.2, 0) is 11.3 Å². The second-order valence-corrected chi connectivity index (χ2v) is 7.11. The first kappa shape index (κ1) is 19.3. The van der Waals surface area contributed by atoms with E-state index < -0.39 is 0 Å². The fourth-order valence-electron chi connectivity index (χ4n) is 2.20. The molecule has 0 aliphatic carbocycles. The lowest BCUT2D eigenvalue weighted by atomic mass is 10.2. The second kappa shape index (κ2) is 10.7. The molecule has 0 unspecified atom stereocenters. The fourth-order valence-corrected chi connectivity index (χ4v) is 3.21. The summed E-state index contributed by atoms with van der Waals surface area (Å²) in [5.41, 5.74) is 5.37. The van der Waals surface area contributed by atoms with E-state index in [-0.39, 0.29) is 5.91 Å². The maximum absolute atomic E-state index is 11.9. The van der Waals surface area contributed by atoms with Crippen molar-refractivity contribution in [3.05, 3.63) is 66.2 Å². The molecule has 0 heterocycles. The lowest BCUT2D eigenvalue weighted by molar-refractivity contribution is -0.120. The number of hydrogen-bond acceptors (Lipinski definition) is 4. The zero-order valence-electron chi connectivity index (χ0n) is 14.3. The fraction of sp³-hybridized carbons (Fsp3) is 0.263. The maximum atomic E-state index is 11.9. The monoisotopic (exact) mass is 373 g/mol. The molecule has 0 saturated carbocycles. The summed E-state index contributed by atoms with van der Waals surface area (Å²) in [6.07, 6.45) is 0.441. The number of hydrogen-bond donors (Lipinski definition) is 2. The van der Waals surface area contributed by atoms with Crippen molar-refractivity contribution in [3.8, 4) is 0 Å². The zero-order valence-corrected chi connectivity index (χ0v) is 15.9. The summed E-state index contributed by atoms with van der Waals surface area (Å²) >= 11 is 6.85. The molecule has 25 heavy (non-hydrogen) atoms. The number of anilines is 1. The van der Waals surface area contributed by atoms with Crippen LogP contribution in [0, 0.1) is 0 Å². The van der Waals surface area contributed by atoms with Gasteiger partial charge < -0.3 is 5.32 Å². The molecule has 2 rings (SSSR count). The lowest BCUT2D eigenvalue weighted by Crippen LogP contribution is -2.40. The van der Waals surface area contributed by atoms with Crippen LogP contribution >= 0.6 is 24.0 Å². The molecule has 4 nitrogen and oxygen atoms in total. The maximum Gasteiger partial charge on any atom is 0.221 e. The minimum atomic E-state index is 0.0366. The van der Waals surface area contributed by atoms with Gasteiger partial charge in [-0.1, -0.05) is 72.5 Å². The van der Waals surface area contributed by atoms with Crippen molar-refractivity contribution in [1.82, 2.24) is 10.7 Å². The summed E-state index contributed by atoms with van der Waals surface area (Å²) in [6, 6.07) is 19.9. The number of amides is 1.